The quantitative estimate of drug-likeness (QED) is 0.603. The van der Waals surface area contributed by atoms with Crippen LogP contribution in [0.15, 0.2) is 0 Å². The molecule has 0 aromatic carbocycles. The first-order valence-electron chi connectivity index (χ1n) is 4.82. The lowest BCUT2D eigenvalue weighted by Crippen LogP contribution is -2.43. The van der Waals surface area contributed by atoms with Gasteiger partial charge in [-0.2, -0.15) is 0 Å². The molecule has 0 rings (SSSR count). The van der Waals surface area contributed by atoms with Crippen molar-refractivity contribution in [1.82, 2.24) is 5.32 Å². The van der Waals surface area contributed by atoms with Crippen molar-refractivity contribution >= 4 is 15.7 Å². The summed E-state index contributed by atoms with van der Waals surface area (Å²) in [6, 6.07) is 0. The number of hydrogen-bond donors (Lipinski definition) is 2. The fraction of sp³-hybridized carbons (Fsp3) is 0.889. The van der Waals surface area contributed by atoms with E-state index in [1.807, 2.05) is 0 Å². The van der Waals surface area contributed by atoms with E-state index in [-0.39, 0.29) is 6.54 Å². The van der Waals surface area contributed by atoms with Gasteiger partial charge in [-0.05, 0) is 6.92 Å². The van der Waals surface area contributed by atoms with Crippen molar-refractivity contribution in [3.63, 3.8) is 0 Å². The molecule has 0 saturated heterocycles. The number of methoxy groups -OCH3 is 1. The van der Waals surface area contributed by atoms with Crippen LogP contribution in [-0.2, 0) is 19.4 Å². The lowest BCUT2D eigenvalue weighted by Gasteiger charge is -2.23. The van der Waals surface area contributed by atoms with Gasteiger partial charge in [0.1, 0.15) is 5.75 Å². The summed E-state index contributed by atoms with van der Waals surface area (Å²) in [5, 5.41) is 12.1. The lowest BCUT2D eigenvalue weighted by molar-refractivity contribution is -0.119. The summed E-state index contributed by atoms with van der Waals surface area (Å²) in [6.45, 7) is 1.92. The van der Waals surface area contributed by atoms with Crippen LogP contribution in [0.3, 0.4) is 0 Å². The summed E-state index contributed by atoms with van der Waals surface area (Å²) >= 11 is 0. The fourth-order valence-corrected chi connectivity index (χ4v) is 1.57. The van der Waals surface area contributed by atoms with Crippen LogP contribution in [0.5, 0.6) is 0 Å². The van der Waals surface area contributed by atoms with E-state index >= 15 is 0 Å². The molecule has 0 fully saturated rings. The van der Waals surface area contributed by atoms with E-state index in [9.17, 15) is 18.3 Å². The number of hydrogen-bond acceptors (Lipinski definition) is 5. The summed E-state index contributed by atoms with van der Waals surface area (Å²) in [4.78, 5) is 11.1. The van der Waals surface area contributed by atoms with Crippen molar-refractivity contribution in [3.05, 3.63) is 0 Å². The first-order valence-corrected chi connectivity index (χ1v) is 6.88. The minimum atomic E-state index is -3.33. The average molecular weight is 253 g/mol. The number of rotatable bonds is 7. The molecule has 2 N–H and O–H groups in total. The highest BCUT2D eigenvalue weighted by Crippen LogP contribution is 2.07. The molecule has 0 aromatic rings. The number of ether oxygens (including phenoxy) is 1. The van der Waals surface area contributed by atoms with Crippen LogP contribution >= 0.6 is 0 Å². The van der Waals surface area contributed by atoms with Gasteiger partial charge in [0.15, 0.2) is 9.84 Å². The van der Waals surface area contributed by atoms with Crippen LogP contribution in [0.25, 0.3) is 0 Å². The smallest absolute Gasteiger partial charge is 0.235 e. The highest BCUT2D eigenvalue weighted by Gasteiger charge is 2.21. The van der Waals surface area contributed by atoms with E-state index in [4.69, 9.17) is 4.74 Å². The predicted molar refractivity (Wildman–Crippen MR) is 59.8 cm³/mol. The van der Waals surface area contributed by atoms with Gasteiger partial charge < -0.3 is 15.2 Å². The maximum atomic E-state index is 11.1. The summed E-state index contributed by atoms with van der Waals surface area (Å²) < 4.78 is 26.4. The molecule has 0 aliphatic heterocycles. The summed E-state index contributed by atoms with van der Waals surface area (Å²) in [6.07, 6.45) is 1.35. The van der Waals surface area contributed by atoms with E-state index in [0.717, 1.165) is 6.26 Å². The van der Waals surface area contributed by atoms with Gasteiger partial charge in [-0.1, -0.05) is 0 Å². The van der Waals surface area contributed by atoms with Crippen molar-refractivity contribution in [2.24, 2.45) is 0 Å². The van der Waals surface area contributed by atoms with E-state index < -0.39 is 27.1 Å². The average Bonchev–Trinajstić information content (AvgIpc) is 2.09. The molecule has 96 valence electrons. The van der Waals surface area contributed by atoms with Crippen molar-refractivity contribution in [1.29, 1.82) is 0 Å². The zero-order valence-electron chi connectivity index (χ0n) is 9.82. The molecule has 1 amide bonds. The number of amides is 1. The van der Waals surface area contributed by atoms with Crippen LogP contribution < -0.4 is 5.32 Å². The van der Waals surface area contributed by atoms with Gasteiger partial charge >= 0.3 is 0 Å². The van der Waals surface area contributed by atoms with E-state index in [1.54, 1.807) is 6.92 Å². The second-order valence-corrected chi connectivity index (χ2v) is 6.23. The van der Waals surface area contributed by atoms with E-state index in [2.05, 4.69) is 5.32 Å². The summed E-state index contributed by atoms with van der Waals surface area (Å²) in [5.41, 5.74) is -1.09. The van der Waals surface area contributed by atoms with Gasteiger partial charge in [-0.3, -0.25) is 4.79 Å². The van der Waals surface area contributed by atoms with Gasteiger partial charge in [0, 0.05) is 32.9 Å². The Balaban J connectivity index is 4.00. The van der Waals surface area contributed by atoms with Crippen molar-refractivity contribution in [2.45, 2.75) is 18.9 Å². The maximum Gasteiger partial charge on any atom is 0.235 e. The molecule has 0 aliphatic carbocycles. The van der Waals surface area contributed by atoms with E-state index in [1.165, 1.54) is 7.11 Å². The molecule has 0 aliphatic rings. The second-order valence-electron chi connectivity index (χ2n) is 4.09. The topological polar surface area (TPSA) is 92.7 Å². The Morgan fingerprint density at radius 3 is 2.50 bits per heavy atom. The van der Waals surface area contributed by atoms with Crippen LogP contribution in [-0.4, -0.2) is 57.3 Å². The molecule has 16 heavy (non-hydrogen) atoms. The Bertz CT molecular complexity index is 323. The van der Waals surface area contributed by atoms with Crippen LogP contribution in [0.2, 0.25) is 0 Å². The fourth-order valence-electron chi connectivity index (χ4n) is 0.988. The molecule has 1 unspecified atom stereocenters. The Morgan fingerprint density at radius 1 is 1.50 bits per heavy atom. The molecular weight excluding hydrogens is 234 g/mol. The largest absolute Gasteiger partial charge is 0.388 e. The lowest BCUT2D eigenvalue weighted by atomic mass is 10.0. The van der Waals surface area contributed by atoms with Crippen LogP contribution in [0.1, 0.15) is 13.3 Å². The number of carbonyl (C=O) groups is 1. The van der Waals surface area contributed by atoms with Crippen molar-refractivity contribution < 1.29 is 23.1 Å². The first kappa shape index (κ1) is 15.3. The van der Waals surface area contributed by atoms with Gasteiger partial charge in [0.05, 0.1) is 5.60 Å². The maximum absolute atomic E-state index is 11.1. The predicted octanol–water partition coefficient (Wildman–Crippen LogP) is -1.07. The molecule has 0 bridgehead atoms. The highest BCUT2D eigenvalue weighted by molar-refractivity contribution is 7.91. The molecule has 0 radical (unpaired) electrons. The Morgan fingerprint density at radius 2 is 2.06 bits per heavy atom. The number of nitrogens with one attached hydrogen (secondary N) is 1. The minimum absolute atomic E-state index is 0.00468. The zero-order valence-corrected chi connectivity index (χ0v) is 10.6. The minimum Gasteiger partial charge on any atom is -0.388 e. The third kappa shape index (κ3) is 8.63. The van der Waals surface area contributed by atoms with Crippen molar-refractivity contribution in [2.75, 3.05) is 32.3 Å². The molecular formula is C9H19NO5S. The standard InChI is InChI=1S/C9H19NO5S/c1-9(12,4-5-15-2)7-10-8(11)6-16(3,13)14/h12H,4-7H2,1-3H3,(H,10,11). The van der Waals surface area contributed by atoms with Gasteiger partial charge in [0.2, 0.25) is 5.91 Å². The Hall–Kier alpha value is -0.660. The number of aliphatic hydroxyl groups is 1. The first-order chi connectivity index (χ1) is 7.16. The van der Waals surface area contributed by atoms with Gasteiger partial charge in [-0.25, -0.2) is 8.42 Å². The number of sulfone groups is 1. The third-order valence-electron chi connectivity index (χ3n) is 1.90. The van der Waals surface area contributed by atoms with Crippen LogP contribution in [0, 0.1) is 0 Å². The zero-order chi connectivity index (χ0) is 12.8. The molecule has 1 atom stereocenters. The third-order valence-corrected chi connectivity index (χ3v) is 2.69. The van der Waals surface area contributed by atoms with Crippen LogP contribution in [0.4, 0.5) is 0 Å². The van der Waals surface area contributed by atoms with Gasteiger partial charge in [-0.15, -0.1) is 0 Å². The molecule has 7 heteroatoms. The number of carbonyl (C=O) groups excluding carboxylic acids is 1. The molecule has 0 spiro atoms. The highest BCUT2D eigenvalue weighted by atomic mass is 32.2. The Kier molecular flexibility index (Phi) is 5.91. The second kappa shape index (κ2) is 6.17. The molecule has 6 nitrogen and oxygen atoms in total. The van der Waals surface area contributed by atoms with Gasteiger partial charge in [0.25, 0.3) is 0 Å². The molecule has 0 heterocycles. The molecule has 0 aromatic heterocycles. The summed E-state index contributed by atoms with van der Waals surface area (Å²) in [7, 11) is -1.81. The SMILES string of the molecule is COCCC(C)(O)CNC(=O)CS(C)(=O)=O. The molecule has 0 saturated carbocycles. The monoisotopic (exact) mass is 253 g/mol. The normalized spacial score (nSPS) is 15.5. The Labute approximate surface area is 95.9 Å². The summed E-state index contributed by atoms with van der Waals surface area (Å²) in [5.74, 6) is -1.17. The van der Waals surface area contributed by atoms with E-state index in [0.29, 0.717) is 13.0 Å². The van der Waals surface area contributed by atoms with Crippen molar-refractivity contribution in [3.8, 4) is 0 Å².